The molecule has 0 spiro atoms. The van der Waals surface area contributed by atoms with Crippen molar-refractivity contribution in [2.75, 3.05) is 18.5 Å². The predicted octanol–water partition coefficient (Wildman–Crippen LogP) is 3.12. The van der Waals surface area contributed by atoms with Crippen molar-refractivity contribution in [1.29, 1.82) is 0 Å². The molecule has 1 N–H and O–H groups in total. The molecule has 0 atom stereocenters. The summed E-state index contributed by atoms with van der Waals surface area (Å²) < 4.78 is 7.17. The number of nitrogens with zero attached hydrogens (tertiary/aromatic N) is 4. The Morgan fingerprint density at radius 1 is 1.21 bits per heavy atom. The average molecular weight is 411 g/mol. The van der Waals surface area contributed by atoms with Gasteiger partial charge in [0.2, 0.25) is 0 Å². The minimum atomic E-state index is -0.367. The fourth-order valence-electron chi connectivity index (χ4n) is 3.14. The number of fused-ring (bicyclic) bond motifs is 6. The number of aryl methyl sites for hydroxylation is 2. The van der Waals surface area contributed by atoms with E-state index in [-0.39, 0.29) is 17.4 Å². The first kappa shape index (κ1) is 19.4. The fraction of sp³-hybridized carbons (Fsp3) is 0.350. The van der Waals surface area contributed by atoms with Gasteiger partial charge in [-0.1, -0.05) is 0 Å². The number of thiazole rings is 1. The molecule has 4 bridgehead atoms. The number of amides is 1. The second kappa shape index (κ2) is 8.62. The van der Waals surface area contributed by atoms with Crippen LogP contribution in [-0.4, -0.2) is 44.7 Å². The number of nitrogens with one attached hydrogen (secondary N) is 1. The van der Waals surface area contributed by atoms with Crippen LogP contribution in [0.15, 0.2) is 29.9 Å². The molecule has 1 aliphatic rings. The van der Waals surface area contributed by atoms with Crippen molar-refractivity contribution in [1.82, 2.24) is 19.7 Å². The molecule has 3 aromatic rings. The minimum absolute atomic E-state index is 0.122. The first-order chi connectivity index (χ1) is 14.1. The van der Waals surface area contributed by atoms with Crippen molar-refractivity contribution in [3.8, 4) is 10.6 Å². The van der Waals surface area contributed by atoms with E-state index in [1.54, 1.807) is 24.8 Å². The van der Waals surface area contributed by atoms with Crippen molar-refractivity contribution < 1.29 is 14.3 Å². The van der Waals surface area contributed by atoms with Gasteiger partial charge < -0.3 is 10.1 Å². The van der Waals surface area contributed by atoms with E-state index in [0.717, 1.165) is 29.1 Å². The van der Waals surface area contributed by atoms with E-state index in [2.05, 4.69) is 20.4 Å². The van der Waals surface area contributed by atoms with Gasteiger partial charge in [-0.3, -0.25) is 19.3 Å². The van der Waals surface area contributed by atoms with Gasteiger partial charge >= 0.3 is 0 Å². The Hall–Kier alpha value is -2.91. The molecule has 3 aromatic heterocycles. The van der Waals surface area contributed by atoms with Gasteiger partial charge in [0, 0.05) is 55.7 Å². The number of anilines is 1. The van der Waals surface area contributed by atoms with Gasteiger partial charge in [-0.05, 0) is 31.4 Å². The SMILES string of the molecule is Cn1cc2c(n1)C(=O)CCCOCCCc1cc(ccn1)-c1nc(cs1)C(=O)N2. The summed E-state index contributed by atoms with van der Waals surface area (Å²) in [4.78, 5) is 34.1. The Labute approximate surface area is 171 Å². The molecule has 0 saturated heterocycles. The van der Waals surface area contributed by atoms with Crippen LogP contribution in [0.2, 0.25) is 0 Å². The maximum absolute atomic E-state index is 12.7. The fourth-order valence-corrected chi connectivity index (χ4v) is 3.94. The van der Waals surface area contributed by atoms with Crippen LogP contribution in [0.5, 0.6) is 0 Å². The third kappa shape index (κ3) is 4.57. The molecule has 150 valence electrons. The summed E-state index contributed by atoms with van der Waals surface area (Å²) in [5, 5.41) is 9.46. The van der Waals surface area contributed by atoms with E-state index >= 15 is 0 Å². The molecule has 0 unspecified atom stereocenters. The molecular weight excluding hydrogens is 390 g/mol. The van der Waals surface area contributed by atoms with Crippen molar-refractivity contribution >= 4 is 28.7 Å². The zero-order valence-electron chi connectivity index (χ0n) is 16.1. The maximum atomic E-state index is 12.7. The Balaban J connectivity index is 1.64. The normalized spacial score (nSPS) is 15.9. The summed E-state index contributed by atoms with van der Waals surface area (Å²) in [7, 11) is 1.72. The quantitative estimate of drug-likeness (QED) is 0.610. The van der Waals surface area contributed by atoms with E-state index in [4.69, 9.17) is 4.74 Å². The molecule has 1 aliphatic heterocycles. The van der Waals surface area contributed by atoms with Crippen molar-refractivity contribution in [3.05, 3.63) is 47.0 Å². The van der Waals surface area contributed by atoms with E-state index in [1.807, 2.05) is 12.1 Å². The molecular formula is C20H21N5O3S. The number of ether oxygens (including phenoxy) is 1. The third-order valence-corrected chi connectivity index (χ3v) is 5.45. The van der Waals surface area contributed by atoms with Crippen molar-refractivity contribution in [3.63, 3.8) is 0 Å². The third-order valence-electron chi connectivity index (χ3n) is 4.56. The lowest BCUT2D eigenvalue weighted by molar-refractivity contribution is 0.0931. The summed E-state index contributed by atoms with van der Waals surface area (Å²) in [5.74, 6) is -0.489. The van der Waals surface area contributed by atoms with Crippen LogP contribution < -0.4 is 5.32 Å². The zero-order chi connectivity index (χ0) is 20.2. The highest BCUT2D eigenvalue weighted by Gasteiger charge is 2.20. The average Bonchev–Trinajstić information content (AvgIpc) is 3.34. The van der Waals surface area contributed by atoms with Gasteiger partial charge in [0.25, 0.3) is 5.91 Å². The summed E-state index contributed by atoms with van der Waals surface area (Å²) in [6.07, 6.45) is 5.94. The number of pyridine rings is 1. The summed E-state index contributed by atoms with van der Waals surface area (Å²) in [6.45, 7) is 1.13. The highest BCUT2D eigenvalue weighted by molar-refractivity contribution is 7.13. The van der Waals surface area contributed by atoms with Crippen LogP contribution in [-0.2, 0) is 18.2 Å². The van der Waals surface area contributed by atoms with Gasteiger partial charge in [0.15, 0.2) is 11.5 Å². The van der Waals surface area contributed by atoms with Crippen molar-refractivity contribution in [2.24, 2.45) is 7.05 Å². The summed E-state index contributed by atoms with van der Waals surface area (Å²) >= 11 is 1.40. The molecule has 0 saturated carbocycles. The van der Waals surface area contributed by atoms with Gasteiger partial charge in [0.05, 0.1) is 5.69 Å². The molecule has 1 amide bonds. The molecule has 9 heteroatoms. The first-order valence-electron chi connectivity index (χ1n) is 9.47. The first-order valence-corrected chi connectivity index (χ1v) is 10.3. The molecule has 0 aromatic carbocycles. The molecule has 29 heavy (non-hydrogen) atoms. The summed E-state index contributed by atoms with van der Waals surface area (Å²) in [5.41, 5.74) is 2.85. The van der Waals surface area contributed by atoms with Crippen LogP contribution in [0.1, 0.15) is 45.9 Å². The molecule has 0 fully saturated rings. The van der Waals surface area contributed by atoms with Gasteiger partial charge in [-0.15, -0.1) is 11.3 Å². The smallest absolute Gasteiger partial charge is 0.275 e. The molecule has 4 rings (SSSR count). The molecule has 0 aliphatic carbocycles. The Bertz CT molecular complexity index is 1040. The van der Waals surface area contributed by atoms with Crippen LogP contribution >= 0.6 is 11.3 Å². The lowest BCUT2D eigenvalue weighted by atomic mass is 10.1. The summed E-state index contributed by atoms with van der Waals surface area (Å²) in [6, 6.07) is 3.89. The monoisotopic (exact) mass is 411 g/mol. The highest BCUT2D eigenvalue weighted by Crippen LogP contribution is 2.25. The largest absolute Gasteiger partial charge is 0.381 e. The Morgan fingerprint density at radius 2 is 2.03 bits per heavy atom. The number of ketones is 1. The Kier molecular flexibility index (Phi) is 5.77. The molecule has 0 radical (unpaired) electrons. The van der Waals surface area contributed by atoms with E-state index in [0.29, 0.717) is 37.4 Å². The standard InChI is InChI=1S/C20H21N5O3S/c1-25-11-15-18(24-25)17(26)5-3-9-28-8-2-4-14-10-13(6-7-21-14)20-23-16(12-29-20)19(27)22-15/h6-7,10-12H,2-5,8-9H2,1H3,(H,22,27). The lowest BCUT2D eigenvalue weighted by Gasteiger charge is -2.06. The number of hydrogen-bond acceptors (Lipinski definition) is 7. The topological polar surface area (TPSA) is 99.0 Å². The number of aromatic nitrogens is 4. The number of carbonyl (C=O) groups excluding carboxylic acids is 2. The molecule has 8 nitrogen and oxygen atoms in total. The number of carbonyl (C=O) groups is 2. The highest BCUT2D eigenvalue weighted by atomic mass is 32.1. The van der Waals surface area contributed by atoms with Crippen LogP contribution in [0.4, 0.5) is 5.69 Å². The van der Waals surface area contributed by atoms with Gasteiger partial charge in [-0.2, -0.15) is 5.10 Å². The van der Waals surface area contributed by atoms with E-state index in [9.17, 15) is 9.59 Å². The van der Waals surface area contributed by atoms with E-state index in [1.165, 1.54) is 16.0 Å². The predicted molar refractivity (Wildman–Crippen MR) is 109 cm³/mol. The lowest BCUT2D eigenvalue weighted by Crippen LogP contribution is -2.15. The number of rotatable bonds is 0. The van der Waals surface area contributed by atoms with Crippen LogP contribution in [0, 0.1) is 0 Å². The van der Waals surface area contributed by atoms with Crippen molar-refractivity contribution in [2.45, 2.75) is 25.7 Å². The Morgan fingerprint density at radius 3 is 2.90 bits per heavy atom. The van der Waals surface area contributed by atoms with Crippen LogP contribution in [0.25, 0.3) is 10.6 Å². The molecule has 4 heterocycles. The second-order valence-electron chi connectivity index (χ2n) is 6.84. The number of hydrogen-bond donors (Lipinski definition) is 1. The number of Topliss-reactive ketones (excluding diaryl/α,β-unsaturated/α-hetero) is 1. The van der Waals surface area contributed by atoms with E-state index < -0.39 is 0 Å². The minimum Gasteiger partial charge on any atom is -0.381 e. The second-order valence-corrected chi connectivity index (χ2v) is 7.69. The zero-order valence-corrected chi connectivity index (χ0v) is 16.9. The van der Waals surface area contributed by atoms with Gasteiger partial charge in [0.1, 0.15) is 10.7 Å². The maximum Gasteiger partial charge on any atom is 0.275 e. The van der Waals surface area contributed by atoms with Crippen LogP contribution in [0.3, 0.4) is 0 Å². The van der Waals surface area contributed by atoms with Gasteiger partial charge in [-0.25, -0.2) is 4.98 Å².